The van der Waals surface area contributed by atoms with Crippen molar-refractivity contribution in [2.45, 2.75) is 109 Å². The molecule has 3 heteroatoms. The Hall–Kier alpha value is -1.77. The largest absolute Gasteiger partial charge is 0.247 e. The Balaban J connectivity index is 1.50. The van der Waals surface area contributed by atoms with Crippen molar-refractivity contribution in [2.75, 3.05) is 0 Å². The summed E-state index contributed by atoms with van der Waals surface area (Å²) in [5.74, 6) is -1.08. The summed E-state index contributed by atoms with van der Waals surface area (Å²) in [5.41, 5.74) is 2.66. The Bertz CT molecular complexity index is 804. The van der Waals surface area contributed by atoms with Crippen molar-refractivity contribution < 1.29 is 13.2 Å². The van der Waals surface area contributed by atoms with Gasteiger partial charge in [0.2, 0.25) is 0 Å². The highest BCUT2D eigenvalue weighted by molar-refractivity contribution is 5.65. The Morgan fingerprint density at radius 2 is 1.28 bits per heavy atom. The zero-order valence-electron chi connectivity index (χ0n) is 19.7. The second-order valence-corrected chi connectivity index (χ2v) is 9.55. The normalized spacial score (nSPS) is 18.8. The number of rotatable bonds is 12. The molecule has 0 aromatic heterocycles. The van der Waals surface area contributed by atoms with Crippen molar-refractivity contribution >= 4 is 0 Å². The van der Waals surface area contributed by atoms with E-state index in [1.807, 2.05) is 24.3 Å². The molecule has 0 N–H and O–H groups in total. The molecule has 0 saturated heterocycles. The monoisotopic (exact) mass is 444 g/mol. The number of alkyl halides is 1. The van der Waals surface area contributed by atoms with Crippen LogP contribution in [0.4, 0.5) is 13.2 Å². The second kappa shape index (κ2) is 13.1. The van der Waals surface area contributed by atoms with E-state index >= 15 is 0 Å². The first-order chi connectivity index (χ1) is 15.6. The van der Waals surface area contributed by atoms with E-state index in [-0.39, 0.29) is 0 Å². The van der Waals surface area contributed by atoms with Gasteiger partial charge in [0.25, 0.3) is 0 Å². The van der Waals surface area contributed by atoms with Crippen LogP contribution in [0.1, 0.15) is 107 Å². The summed E-state index contributed by atoms with van der Waals surface area (Å²) >= 11 is 0. The molecule has 1 saturated carbocycles. The molecule has 0 bridgehead atoms. The smallest absolute Gasteiger partial charge is 0.166 e. The number of aryl methyl sites for hydroxylation is 1. The van der Waals surface area contributed by atoms with E-state index in [0.717, 1.165) is 25.7 Å². The number of benzene rings is 2. The molecule has 1 fully saturated rings. The molecule has 0 radical (unpaired) electrons. The van der Waals surface area contributed by atoms with Gasteiger partial charge < -0.3 is 0 Å². The third-order valence-electron chi connectivity index (χ3n) is 7.06. The van der Waals surface area contributed by atoms with Gasteiger partial charge in [0.15, 0.2) is 11.6 Å². The maximum absolute atomic E-state index is 14.8. The van der Waals surface area contributed by atoms with E-state index in [2.05, 4.69) is 6.92 Å². The molecular formula is C29H39F3. The Morgan fingerprint density at radius 1 is 0.688 bits per heavy atom. The average Bonchev–Trinajstić information content (AvgIpc) is 2.81. The van der Waals surface area contributed by atoms with Crippen LogP contribution in [0.25, 0.3) is 11.1 Å². The number of hydrogen-bond acceptors (Lipinski definition) is 0. The third-order valence-corrected chi connectivity index (χ3v) is 7.06. The first-order valence-corrected chi connectivity index (χ1v) is 12.8. The van der Waals surface area contributed by atoms with Crippen LogP contribution < -0.4 is 0 Å². The van der Waals surface area contributed by atoms with Crippen molar-refractivity contribution in [3.63, 3.8) is 0 Å². The lowest BCUT2D eigenvalue weighted by Crippen LogP contribution is -2.13. The molecule has 0 spiro atoms. The van der Waals surface area contributed by atoms with E-state index < -0.39 is 17.8 Å². The minimum atomic E-state index is -0.746. The summed E-state index contributed by atoms with van der Waals surface area (Å²) in [7, 11) is 0. The summed E-state index contributed by atoms with van der Waals surface area (Å²) in [6, 6.07) is 11.2. The van der Waals surface area contributed by atoms with Gasteiger partial charge in [0, 0.05) is 5.56 Å². The van der Waals surface area contributed by atoms with Gasteiger partial charge in [0.05, 0.1) is 0 Å². The molecule has 2 aromatic rings. The molecule has 1 aliphatic carbocycles. The van der Waals surface area contributed by atoms with Crippen LogP contribution in [0, 0.1) is 11.6 Å². The number of hydrogen-bond donors (Lipinski definition) is 0. The van der Waals surface area contributed by atoms with E-state index in [4.69, 9.17) is 0 Å². The van der Waals surface area contributed by atoms with Crippen molar-refractivity contribution in [3.8, 4) is 11.1 Å². The van der Waals surface area contributed by atoms with Gasteiger partial charge in [-0.1, -0.05) is 94.7 Å². The maximum atomic E-state index is 14.8. The van der Waals surface area contributed by atoms with Gasteiger partial charge in [-0.3, -0.25) is 0 Å². The number of halogens is 3. The van der Waals surface area contributed by atoms with Crippen molar-refractivity contribution in [2.24, 2.45) is 0 Å². The van der Waals surface area contributed by atoms with Gasteiger partial charge in [0.1, 0.15) is 6.17 Å². The van der Waals surface area contributed by atoms with Gasteiger partial charge in [-0.25, -0.2) is 13.2 Å². The van der Waals surface area contributed by atoms with Gasteiger partial charge in [-0.15, -0.1) is 0 Å². The fourth-order valence-electron chi connectivity index (χ4n) is 4.95. The summed E-state index contributed by atoms with van der Waals surface area (Å²) in [6.45, 7) is 2.23. The highest BCUT2D eigenvalue weighted by Gasteiger charge is 2.22. The van der Waals surface area contributed by atoms with Crippen molar-refractivity contribution in [3.05, 3.63) is 59.2 Å². The molecule has 0 aliphatic heterocycles. The minimum absolute atomic E-state index is 0.317. The predicted octanol–water partition coefficient (Wildman–Crippen LogP) is 9.70. The summed E-state index contributed by atoms with van der Waals surface area (Å²) in [4.78, 5) is 0. The van der Waals surface area contributed by atoms with E-state index in [1.54, 1.807) is 12.1 Å². The van der Waals surface area contributed by atoms with Gasteiger partial charge in [-0.2, -0.15) is 0 Å². The first-order valence-electron chi connectivity index (χ1n) is 12.8. The van der Waals surface area contributed by atoms with Crippen LogP contribution in [-0.4, -0.2) is 6.17 Å². The van der Waals surface area contributed by atoms with Crippen LogP contribution in [0.5, 0.6) is 0 Å². The molecule has 0 amide bonds. The van der Waals surface area contributed by atoms with Gasteiger partial charge >= 0.3 is 0 Å². The molecule has 32 heavy (non-hydrogen) atoms. The standard InChI is InChI=1S/C29H39F3/c1-2-3-4-5-6-7-8-9-10-11-25-18-21-27(29(32)28(25)31)24-14-12-22(13-15-24)23-16-19-26(30)20-17-23/h12-15,18,21,23,26H,2-11,16-17,19-20H2,1H3. The molecule has 1 aliphatic rings. The second-order valence-electron chi connectivity index (χ2n) is 9.55. The Morgan fingerprint density at radius 3 is 1.91 bits per heavy atom. The molecule has 2 aromatic carbocycles. The zero-order valence-corrected chi connectivity index (χ0v) is 19.7. The fourth-order valence-corrected chi connectivity index (χ4v) is 4.95. The quantitative estimate of drug-likeness (QED) is 0.286. The topological polar surface area (TPSA) is 0 Å². The molecular weight excluding hydrogens is 405 g/mol. The van der Waals surface area contributed by atoms with Crippen molar-refractivity contribution in [1.82, 2.24) is 0 Å². The lowest BCUT2D eigenvalue weighted by Gasteiger charge is -2.24. The van der Waals surface area contributed by atoms with Crippen LogP contribution in [0.3, 0.4) is 0 Å². The third kappa shape index (κ3) is 7.12. The molecule has 0 unspecified atom stereocenters. The summed E-state index contributed by atoms with van der Waals surface area (Å²) in [5, 5.41) is 0. The molecule has 0 heterocycles. The lowest BCUT2D eigenvalue weighted by atomic mass is 9.83. The molecule has 0 nitrogen and oxygen atoms in total. The van der Waals surface area contributed by atoms with Gasteiger partial charge in [-0.05, 0) is 61.1 Å². The highest BCUT2D eigenvalue weighted by Crippen LogP contribution is 2.35. The SMILES string of the molecule is CCCCCCCCCCCc1ccc(-c2ccc(C3CCC(F)CC3)cc2)c(F)c1F. The predicted molar refractivity (Wildman–Crippen MR) is 129 cm³/mol. The van der Waals surface area contributed by atoms with E-state index in [0.29, 0.717) is 41.9 Å². The highest BCUT2D eigenvalue weighted by atomic mass is 19.2. The van der Waals surface area contributed by atoms with E-state index in [1.165, 1.54) is 50.5 Å². The molecule has 3 rings (SSSR count). The average molecular weight is 445 g/mol. The lowest BCUT2D eigenvalue weighted by molar-refractivity contribution is 0.235. The minimum Gasteiger partial charge on any atom is -0.247 e. The summed E-state index contributed by atoms with van der Waals surface area (Å²) in [6.07, 6.45) is 13.8. The summed E-state index contributed by atoms with van der Waals surface area (Å²) < 4.78 is 42.9. The number of unbranched alkanes of at least 4 members (excludes halogenated alkanes) is 8. The van der Waals surface area contributed by atoms with Crippen LogP contribution >= 0.6 is 0 Å². The molecule has 0 atom stereocenters. The van der Waals surface area contributed by atoms with E-state index in [9.17, 15) is 13.2 Å². The van der Waals surface area contributed by atoms with Crippen LogP contribution in [0.15, 0.2) is 36.4 Å². The first kappa shape index (κ1) is 24.9. The fraction of sp³-hybridized carbons (Fsp3) is 0.586. The Labute approximate surface area is 192 Å². The molecule has 176 valence electrons. The van der Waals surface area contributed by atoms with Crippen LogP contribution in [0.2, 0.25) is 0 Å². The zero-order chi connectivity index (χ0) is 22.8. The maximum Gasteiger partial charge on any atom is 0.166 e. The Kier molecular flexibility index (Phi) is 10.1. The van der Waals surface area contributed by atoms with Crippen LogP contribution in [-0.2, 0) is 6.42 Å². The van der Waals surface area contributed by atoms with Crippen molar-refractivity contribution in [1.29, 1.82) is 0 Å².